The number of benzene rings is 1. The van der Waals surface area contributed by atoms with Gasteiger partial charge in [-0.25, -0.2) is 4.39 Å². The van der Waals surface area contributed by atoms with Gasteiger partial charge in [-0.1, -0.05) is 18.2 Å². The van der Waals surface area contributed by atoms with E-state index in [1.807, 2.05) is 0 Å². The normalized spacial score (nSPS) is 11.4. The first kappa shape index (κ1) is 14.4. The standard InChI is InChI=1S/C8H6BF4.K/c10-8-3-1-7(2-4-8)5-6-9(11,12)13;/h1-6H;/q-1;+1/b6-5-;. The quantitative estimate of drug-likeness (QED) is 0.502. The van der Waals surface area contributed by atoms with Gasteiger partial charge < -0.3 is 12.9 Å². The Balaban J connectivity index is 0.00000169. The molecule has 1 aromatic carbocycles. The molecule has 0 bridgehead atoms. The minimum Gasteiger partial charge on any atom is -0.445 e. The third-order valence-corrected chi connectivity index (χ3v) is 1.38. The first-order valence-corrected chi connectivity index (χ1v) is 3.62. The molecule has 0 fully saturated rings. The van der Waals surface area contributed by atoms with Crippen LogP contribution in [0.3, 0.4) is 0 Å². The predicted octanol–water partition coefficient (Wildman–Crippen LogP) is 0.230. The second kappa shape index (κ2) is 6.07. The molecule has 0 heterocycles. The zero-order chi connectivity index (χ0) is 9.90. The molecule has 0 spiro atoms. The molecule has 70 valence electrons. The Bertz CT molecular complexity index is 304. The molecule has 0 saturated carbocycles. The molecule has 0 N–H and O–H groups in total. The van der Waals surface area contributed by atoms with Gasteiger partial charge in [0.1, 0.15) is 5.82 Å². The van der Waals surface area contributed by atoms with Crippen LogP contribution in [0.4, 0.5) is 17.3 Å². The van der Waals surface area contributed by atoms with Crippen LogP contribution in [-0.2, 0) is 0 Å². The van der Waals surface area contributed by atoms with Crippen molar-refractivity contribution in [3.8, 4) is 0 Å². The van der Waals surface area contributed by atoms with Crippen LogP contribution in [0.25, 0.3) is 6.08 Å². The summed E-state index contributed by atoms with van der Waals surface area (Å²) in [4.78, 5) is 0. The van der Waals surface area contributed by atoms with Gasteiger partial charge >= 0.3 is 58.4 Å². The van der Waals surface area contributed by atoms with E-state index in [4.69, 9.17) is 0 Å². The number of hydrogen-bond acceptors (Lipinski definition) is 0. The van der Waals surface area contributed by atoms with E-state index < -0.39 is 12.8 Å². The summed E-state index contributed by atoms with van der Waals surface area (Å²) >= 11 is 0. The van der Waals surface area contributed by atoms with E-state index in [2.05, 4.69) is 0 Å². The minimum atomic E-state index is -4.91. The zero-order valence-corrected chi connectivity index (χ0v) is 10.7. The van der Waals surface area contributed by atoms with Crippen molar-refractivity contribution in [3.05, 3.63) is 41.6 Å². The van der Waals surface area contributed by atoms with Crippen molar-refractivity contribution in [2.45, 2.75) is 0 Å². The van der Waals surface area contributed by atoms with Gasteiger partial charge in [0, 0.05) is 0 Å². The molecule has 0 atom stereocenters. The van der Waals surface area contributed by atoms with Crippen LogP contribution >= 0.6 is 0 Å². The van der Waals surface area contributed by atoms with Crippen LogP contribution in [0.15, 0.2) is 30.2 Å². The molecule has 0 aliphatic heterocycles. The molecule has 0 amide bonds. The van der Waals surface area contributed by atoms with Crippen molar-refractivity contribution in [2.24, 2.45) is 0 Å². The SMILES string of the molecule is Fc1ccc(/C=C\[B-](F)(F)F)cc1.[K+]. The molecular weight excluding hydrogens is 222 g/mol. The predicted molar refractivity (Wildman–Crippen MR) is 44.5 cm³/mol. The topological polar surface area (TPSA) is 0 Å². The molecule has 0 radical (unpaired) electrons. The van der Waals surface area contributed by atoms with Gasteiger partial charge in [0.15, 0.2) is 0 Å². The summed E-state index contributed by atoms with van der Waals surface area (Å²) in [5.74, 6) is -0.289. The van der Waals surface area contributed by atoms with Gasteiger partial charge in [-0.15, -0.1) is 5.98 Å². The summed E-state index contributed by atoms with van der Waals surface area (Å²) in [5, 5.41) is 0. The summed E-state index contributed by atoms with van der Waals surface area (Å²) in [5.41, 5.74) is 0.334. The fourth-order valence-corrected chi connectivity index (χ4v) is 0.794. The average Bonchev–Trinajstić information content (AvgIpc) is 2.02. The molecule has 0 aliphatic rings. The van der Waals surface area contributed by atoms with E-state index in [9.17, 15) is 17.3 Å². The molecule has 6 heteroatoms. The van der Waals surface area contributed by atoms with Crippen LogP contribution in [0.1, 0.15) is 5.56 Å². The van der Waals surface area contributed by atoms with Crippen molar-refractivity contribution in [2.75, 3.05) is 0 Å². The third-order valence-electron chi connectivity index (χ3n) is 1.38. The summed E-state index contributed by atoms with van der Waals surface area (Å²) in [7, 11) is 0. The molecule has 0 aromatic heterocycles. The van der Waals surface area contributed by atoms with Gasteiger partial charge in [-0.05, 0) is 17.7 Å². The van der Waals surface area contributed by atoms with Gasteiger partial charge in [0.25, 0.3) is 0 Å². The zero-order valence-electron chi connectivity index (χ0n) is 7.55. The Hall–Kier alpha value is 0.381. The molecule has 0 unspecified atom stereocenters. The van der Waals surface area contributed by atoms with Crippen molar-refractivity contribution in [1.82, 2.24) is 0 Å². The van der Waals surface area contributed by atoms with Crippen molar-refractivity contribution < 1.29 is 68.7 Å². The molecule has 0 nitrogen and oxygen atoms in total. The van der Waals surface area contributed by atoms with E-state index >= 15 is 0 Å². The van der Waals surface area contributed by atoms with Crippen LogP contribution in [0, 0.1) is 5.82 Å². The minimum absolute atomic E-state index is 0. The third kappa shape index (κ3) is 5.98. The first-order chi connectivity index (χ1) is 5.97. The molecule has 1 aromatic rings. The van der Waals surface area contributed by atoms with Gasteiger partial charge in [-0.2, -0.15) is 0 Å². The summed E-state index contributed by atoms with van der Waals surface area (Å²) in [6.07, 6.45) is 0.916. The van der Waals surface area contributed by atoms with Crippen LogP contribution in [0.5, 0.6) is 0 Å². The van der Waals surface area contributed by atoms with E-state index in [-0.39, 0.29) is 57.4 Å². The van der Waals surface area contributed by atoms with Crippen molar-refractivity contribution >= 4 is 13.1 Å². The molecule has 14 heavy (non-hydrogen) atoms. The monoisotopic (exact) mass is 228 g/mol. The van der Waals surface area contributed by atoms with E-state index in [1.165, 1.54) is 12.1 Å². The number of rotatable bonds is 2. The fraction of sp³-hybridized carbons (Fsp3) is 0. The second-order valence-electron chi connectivity index (χ2n) is 2.54. The van der Waals surface area contributed by atoms with Crippen LogP contribution in [0.2, 0.25) is 0 Å². The Kier molecular flexibility index (Phi) is 6.24. The number of halogens is 4. The maximum absolute atomic E-state index is 12.3. The van der Waals surface area contributed by atoms with Gasteiger partial charge in [0.05, 0.1) is 0 Å². The molecular formula is C8H6BF4K. The maximum Gasteiger partial charge on any atom is 1.00 e. The van der Waals surface area contributed by atoms with Gasteiger partial charge in [0.2, 0.25) is 0 Å². The number of hydrogen-bond donors (Lipinski definition) is 0. The second-order valence-corrected chi connectivity index (χ2v) is 2.54. The maximum atomic E-state index is 12.3. The molecule has 1 rings (SSSR count). The largest absolute Gasteiger partial charge is 1.00 e. The van der Waals surface area contributed by atoms with E-state index in [0.29, 0.717) is 5.56 Å². The van der Waals surface area contributed by atoms with Crippen LogP contribution < -0.4 is 51.4 Å². The molecule has 0 saturated heterocycles. The van der Waals surface area contributed by atoms with Crippen molar-refractivity contribution in [3.63, 3.8) is 0 Å². The first-order valence-electron chi connectivity index (χ1n) is 3.62. The Morgan fingerprint density at radius 3 is 1.93 bits per heavy atom. The van der Waals surface area contributed by atoms with Gasteiger partial charge in [-0.3, -0.25) is 0 Å². The van der Waals surface area contributed by atoms with E-state index in [0.717, 1.165) is 18.2 Å². The fourth-order valence-electron chi connectivity index (χ4n) is 0.794. The molecule has 0 aliphatic carbocycles. The summed E-state index contributed by atoms with van der Waals surface area (Å²) < 4.78 is 47.5. The Morgan fingerprint density at radius 2 is 1.50 bits per heavy atom. The smallest absolute Gasteiger partial charge is 0.445 e. The van der Waals surface area contributed by atoms with Crippen LogP contribution in [-0.4, -0.2) is 6.98 Å². The average molecular weight is 228 g/mol. The summed E-state index contributed by atoms with van der Waals surface area (Å²) in [6, 6.07) is 4.80. The Morgan fingerprint density at radius 1 is 1.00 bits per heavy atom. The Labute approximate surface area is 122 Å². The summed E-state index contributed by atoms with van der Waals surface area (Å²) in [6.45, 7) is -4.91. The van der Waals surface area contributed by atoms with Crippen molar-refractivity contribution in [1.29, 1.82) is 0 Å². The van der Waals surface area contributed by atoms with E-state index in [1.54, 1.807) is 0 Å².